The fourth-order valence-corrected chi connectivity index (χ4v) is 0.748. The third kappa shape index (κ3) is 7.58. The molecule has 0 aromatic carbocycles. The average molecular weight is 151 g/mol. The standard InChI is InChI=1S/C4H9NO3S/c6-4-5-2-1-3-9(7)8/h4H,1-3H2,(H,5,6)(H,7,8). The molecule has 1 atom stereocenters. The van der Waals surface area contributed by atoms with Gasteiger partial charge in [0.1, 0.15) is 0 Å². The van der Waals surface area contributed by atoms with Crippen molar-refractivity contribution in [1.29, 1.82) is 0 Å². The number of rotatable bonds is 5. The van der Waals surface area contributed by atoms with Crippen LogP contribution in [0.15, 0.2) is 0 Å². The summed E-state index contributed by atoms with van der Waals surface area (Å²) in [6.45, 7) is 0.468. The molecule has 0 heterocycles. The van der Waals surface area contributed by atoms with E-state index in [0.717, 1.165) is 0 Å². The Hall–Kier alpha value is -0.420. The lowest BCUT2D eigenvalue weighted by Crippen LogP contribution is -2.14. The minimum absolute atomic E-state index is 0.223. The van der Waals surface area contributed by atoms with Crippen molar-refractivity contribution in [2.45, 2.75) is 6.42 Å². The fourth-order valence-electron chi connectivity index (χ4n) is 0.357. The topological polar surface area (TPSA) is 66.4 Å². The van der Waals surface area contributed by atoms with Gasteiger partial charge in [0.15, 0.2) is 11.1 Å². The molecule has 0 saturated carbocycles. The summed E-state index contributed by atoms with van der Waals surface area (Å²) >= 11 is -1.72. The summed E-state index contributed by atoms with van der Waals surface area (Å²) in [7, 11) is 0. The highest BCUT2D eigenvalue weighted by atomic mass is 32.2. The Bertz CT molecular complexity index is 106. The number of carbonyl (C=O) groups is 1. The normalized spacial score (nSPS) is 12.6. The molecule has 4 nitrogen and oxygen atoms in total. The van der Waals surface area contributed by atoms with Crippen LogP contribution in [0.1, 0.15) is 6.42 Å². The number of hydrogen-bond acceptors (Lipinski definition) is 2. The summed E-state index contributed by atoms with van der Waals surface area (Å²) in [6, 6.07) is 0. The summed E-state index contributed by atoms with van der Waals surface area (Å²) in [5.74, 6) is 0.223. The first kappa shape index (κ1) is 8.58. The highest BCUT2D eigenvalue weighted by Gasteiger charge is 1.90. The second-order valence-corrected chi connectivity index (χ2v) is 2.50. The molecule has 0 rings (SSSR count). The van der Waals surface area contributed by atoms with E-state index in [-0.39, 0.29) is 5.75 Å². The lowest BCUT2D eigenvalue weighted by molar-refractivity contribution is -0.109. The highest BCUT2D eigenvalue weighted by Crippen LogP contribution is 1.79. The third-order valence-corrected chi connectivity index (χ3v) is 1.36. The summed E-state index contributed by atoms with van der Waals surface area (Å²) in [5.41, 5.74) is 0. The monoisotopic (exact) mass is 151 g/mol. The average Bonchev–Trinajstić information content (AvgIpc) is 1.80. The van der Waals surface area contributed by atoms with Gasteiger partial charge in [-0.15, -0.1) is 0 Å². The maximum Gasteiger partial charge on any atom is 0.207 e. The van der Waals surface area contributed by atoms with Gasteiger partial charge in [-0.25, -0.2) is 4.21 Å². The van der Waals surface area contributed by atoms with Gasteiger partial charge in [0.05, 0.1) is 5.75 Å². The van der Waals surface area contributed by atoms with Gasteiger partial charge in [-0.05, 0) is 6.42 Å². The van der Waals surface area contributed by atoms with E-state index in [1.165, 1.54) is 0 Å². The SMILES string of the molecule is O=CNCCCS(=O)O. The van der Waals surface area contributed by atoms with Crippen LogP contribution in [0, 0.1) is 0 Å². The molecule has 0 saturated heterocycles. The number of hydrogen-bond donors (Lipinski definition) is 2. The first-order chi connectivity index (χ1) is 4.27. The van der Waals surface area contributed by atoms with Crippen LogP contribution in [-0.4, -0.2) is 27.5 Å². The van der Waals surface area contributed by atoms with Crippen molar-refractivity contribution in [3.8, 4) is 0 Å². The Balaban J connectivity index is 2.91. The van der Waals surface area contributed by atoms with Gasteiger partial charge in [0, 0.05) is 6.54 Å². The number of nitrogens with one attached hydrogen (secondary N) is 1. The zero-order chi connectivity index (χ0) is 7.11. The molecule has 2 N–H and O–H groups in total. The van der Waals surface area contributed by atoms with E-state index < -0.39 is 11.1 Å². The van der Waals surface area contributed by atoms with Gasteiger partial charge in [-0.2, -0.15) is 0 Å². The number of amides is 1. The molecule has 0 fully saturated rings. The van der Waals surface area contributed by atoms with Crippen LogP contribution in [0.5, 0.6) is 0 Å². The Morgan fingerprint density at radius 3 is 2.78 bits per heavy atom. The summed E-state index contributed by atoms with van der Waals surface area (Å²) in [4.78, 5) is 9.60. The Morgan fingerprint density at radius 2 is 2.33 bits per heavy atom. The Kier molecular flexibility index (Phi) is 5.45. The number of carbonyl (C=O) groups excluding carboxylic acids is 1. The predicted octanol–water partition coefficient (Wildman–Crippen LogP) is -0.656. The molecule has 1 amide bonds. The highest BCUT2D eigenvalue weighted by molar-refractivity contribution is 7.79. The largest absolute Gasteiger partial charge is 0.359 e. The van der Waals surface area contributed by atoms with E-state index >= 15 is 0 Å². The van der Waals surface area contributed by atoms with Crippen molar-refractivity contribution in [2.24, 2.45) is 0 Å². The van der Waals surface area contributed by atoms with Gasteiger partial charge in [-0.3, -0.25) is 4.79 Å². The molecule has 0 bridgehead atoms. The molecule has 0 spiro atoms. The zero-order valence-electron chi connectivity index (χ0n) is 4.87. The second kappa shape index (κ2) is 5.71. The zero-order valence-corrected chi connectivity index (χ0v) is 5.69. The van der Waals surface area contributed by atoms with Gasteiger partial charge in [0.25, 0.3) is 0 Å². The maximum atomic E-state index is 9.96. The molecule has 0 aromatic rings. The first-order valence-corrected chi connectivity index (χ1v) is 3.79. The third-order valence-electron chi connectivity index (χ3n) is 0.723. The van der Waals surface area contributed by atoms with E-state index in [0.29, 0.717) is 19.4 Å². The smallest absolute Gasteiger partial charge is 0.207 e. The molecule has 5 heteroatoms. The van der Waals surface area contributed by atoms with E-state index in [1.54, 1.807) is 0 Å². The lowest BCUT2D eigenvalue weighted by atomic mass is 10.5. The maximum absolute atomic E-state index is 9.96. The minimum Gasteiger partial charge on any atom is -0.359 e. The molecular weight excluding hydrogens is 142 g/mol. The molecule has 54 valence electrons. The van der Waals surface area contributed by atoms with Crippen molar-refractivity contribution in [3.63, 3.8) is 0 Å². The molecule has 0 aliphatic heterocycles. The van der Waals surface area contributed by atoms with Crippen LogP contribution in [0.2, 0.25) is 0 Å². The quantitative estimate of drug-likeness (QED) is 0.311. The fraction of sp³-hybridized carbons (Fsp3) is 0.750. The van der Waals surface area contributed by atoms with Crippen LogP contribution < -0.4 is 5.32 Å². The van der Waals surface area contributed by atoms with Crippen molar-refractivity contribution >= 4 is 17.5 Å². The van der Waals surface area contributed by atoms with Crippen LogP contribution in [0.3, 0.4) is 0 Å². The molecule has 0 aromatic heterocycles. The van der Waals surface area contributed by atoms with Crippen LogP contribution in [0.25, 0.3) is 0 Å². The van der Waals surface area contributed by atoms with Crippen LogP contribution in [-0.2, 0) is 15.9 Å². The summed E-state index contributed by atoms with van der Waals surface area (Å²) in [5, 5.41) is 2.38. The van der Waals surface area contributed by atoms with Gasteiger partial charge in [-0.1, -0.05) is 0 Å². The predicted molar refractivity (Wildman–Crippen MR) is 34.3 cm³/mol. The molecule has 1 unspecified atom stereocenters. The molecule has 0 aliphatic rings. The molecule has 0 aliphatic carbocycles. The molecular formula is C4H9NO3S. The van der Waals surface area contributed by atoms with Crippen molar-refractivity contribution < 1.29 is 13.6 Å². The van der Waals surface area contributed by atoms with Crippen molar-refractivity contribution in [2.75, 3.05) is 12.3 Å². The summed E-state index contributed by atoms with van der Waals surface area (Å²) in [6.07, 6.45) is 1.11. The van der Waals surface area contributed by atoms with Gasteiger partial charge >= 0.3 is 0 Å². The van der Waals surface area contributed by atoms with Crippen molar-refractivity contribution in [3.05, 3.63) is 0 Å². The van der Waals surface area contributed by atoms with Gasteiger partial charge < -0.3 is 9.87 Å². The first-order valence-electron chi connectivity index (χ1n) is 2.52. The van der Waals surface area contributed by atoms with Crippen molar-refractivity contribution in [1.82, 2.24) is 5.32 Å². The summed E-state index contributed by atoms with van der Waals surface area (Å²) < 4.78 is 18.2. The second-order valence-electron chi connectivity index (χ2n) is 1.45. The Morgan fingerprint density at radius 1 is 1.67 bits per heavy atom. The lowest BCUT2D eigenvalue weighted by Gasteiger charge is -1.93. The van der Waals surface area contributed by atoms with E-state index in [1.807, 2.05) is 0 Å². The molecule has 9 heavy (non-hydrogen) atoms. The molecule has 0 radical (unpaired) electrons. The van der Waals surface area contributed by atoms with E-state index in [9.17, 15) is 9.00 Å². The van der Waals surface area contributed by atoms with E-state index in [4.69, 9.17) is 4.55 Å². The van der Waals surface area contributed by atoms with Gasteiger partial charge in [0.2, 0.25) is 6.41 Å². The van der Waals surface area contributed by atoms with Crippen LogP contribution in [0.4, 0.5) is 0 Å². The Labute approximate surface area is 55.9 Å². The minimum atomic E-state index is -1.72. The van der Waals surface area contributed by atoms with E-state index in [2.05, 4.69) is 5.32 Å². The van der Waals surface area contributed by atoms with Crippen LogP contribution >= 0.6 is 0 Å².